The summed E-state index contributed by atoms with van der Waals surface area (Å²) in [6.07, 6.45) is 22.6. The fourth-order valence-electron chi connectivity index (χ4n) is 3.14. The minimum atomic E-state index is -0.981. The second-order valence-electron chi connectivity index (χ2n) is 7.76. The normalized spacial score (nSPS) is 11.4. The van der Waals surface area contributed by atoms with E-state index >= 15 is 0 Å². The first-order valence-corrected chi connectivity index (χ1v) is 13.2. The summed E-state index contributed by atoms with van der Waals surface area (Å²) in [6.45, 7) is 6.07. The molecule has 0 saturated heterocycles. The van der Waals surface area contributed by atoms with Crippen LogP contribution >= 0.6 is 11.8 Å². The summed E-state index contributed by atoms with van der Waals surface area (Å²) in [6, 6.07) is -0.366. The van der Waals surface area contributed by atoms with Crippen LogP contribution in [0.3, 0.4) is 0 Å². The monoisotopic (exact) mass is 445 g/mol. The number of carboxylic acid groups (broad SMARTS) is 2. The van der Waals surface area contributed by atoms with Gasteiger partial charge in [0.05, 0.1) is 0 Å². The molecule has 3 N–H and O–H groups in total. The van der Waals surface area contributed by atoms with Gasteiger partial charge in [-0.1, -0.05) is 97.0 Å². The molecule has 0 aromatic heterocycles. The van der Waals surface area contributed by atoms with Crippen LogP contribution in [-0.2, 0) is 9.59 Å². The molecule has 5 nitrogen and oxygen atoms in total. The maximum Gasteiger partial charge on any atom is 0.327 e. The van der Waals surface area contributed by atoms with Crippen molar-refractivity contribution < 1.29 is 19.8 Å². The zero-order chi connectivity index (χ0) is 22.9. The Balaban J connectivity index is 0. The van der Waals surface area contributed by atoms with Gasteiger partial charge in [-0.25, -0.2) is 4.79 Å². The highest BCUT2D eigenvalue weighted by Crippen LogP contribution is 2.12. The van der Waals surface area contributed by atoms with Gasteiger partial charge in [-0.2, -0.15) is 11.8 Å². The number of nitrogens with one attached hydrogen (secondary N) is 1. The third-order valence-electron chi connectivity index (χ3n) is 5.00. The van der Waals surface area contributed by atoms with Gasteiger partial charge in [0.2, 0.25) is 0 Å². The average molecular weight is 446 g/mol. The molecule has 0 rings (SSSR count). The Kier molecular flexibility index (Phi) is 27.0. The van der Waals surface area contributed by atoms with Crippen LogP contribution in [0.1, 0.15) is 103 Å². The van der Waals surface area contributed by atoms with Crippen LogP contribution in [-0.4, -0.2) is 46.7 Å². The fraction of sp³-hybridized carbons (Fsp3) is 0.833. The lowest BCUT2D eigenvalue weighted by atomic mass is 10.0. The Morgan fingerprint density at radius 3 is 1.60 bits per heavy atom. The number of thioether (sulfide) groups is 1. The van der Waals surface area contributed by atoms with E-state index in [9.17, 15) is 9.59 Å². The van der Waals surface area contributed by atoms with Crippen molar-refractivity contribution in [2.24, 2.45) is 0 Å². The Morgan fingerprint density at radius 1 is 0.867 bits per heavy atom. The molecule has 0 bridgehead atoms. The molecule has 30 heavy (non-hydrogen) atoms. The average Bonchev–Trinajstić information content (AvgIpc) is 2.73. The molecule has 178 valence electrons. The van der Waals surface area contributed by atoms with E-state index in [-0.39, 0.29) is 6.04 Å². The van der Waals surface area contributed by atoms with Gasteiger partial charge in [-0.05, 0) is 31.4 Å². The lowest BCUT2D eigenvalue weighted by Gasteiger charge is -2.13. The first-order chi connectivity index (χ1) is 14.5. The van der Waals surface area contributed by atoms with E-state index in [1.807, 2.05) is 6.26 Å². The topological polar surface area (TPSA) is 86.6 Å². The molecule has 1 atom stereocenters. The lowest BCUT2D eigenvalue weighted by Crippen LogP contribution is -2.37. The number of rotatable bonds is 21. The van der Waals surface area contributed by atoms with E-state index < -0.39 is 11.9 Å². The van der Waals surface area contributed by atoms with Crippen molar-refractivity contribution in [3.63, 3.8) is 0 Å². The summed E-state index contributed by atoms with van der Waals surface area (Å²) in [5.74, 6) is -0.785. The number of carbonyl (C=O) groups is 2. The number of hydrogen-bond acceptors (Lipinski definition) is 4. The molecule has 0 aromatic rings. The van der Waals surface area contributed by atoms with E-state index in [0.29, 0.717) is 0 Å². The van der Waals surface area contributed by atoms with E-state index in [1.54, 1.807) is 11.8 Å². The maximum absolute atomic E-state index is 11.1. The predicted molar refractivity (Wildman–Crippen MR) is 131 cm³/mol. The van der Waals surface area contributed by atoms with Gasteiger partial charge in [0.15, 0.2) is 0 Å². The molecule has 0 unspecified atom stereocenters. The molecule has 0 spiro atoms. The maximum atomic E-state index is 11.1. The Morgan fingerprint density at radius 2 is 1.27 bits per heavy atom. The summed E-state index contributed by atoms with van der Waals surface area (Å²) in [5, 5.41) is 19.9. The molecular formula is C24H47NO4S. The van der Waals surface area contributed by atoms with Gasteiger partial charge in [0.1, 0.15) is 6.04 Å². The molecular weight excluding hydrogens is 398 g/mol. The smallest absolute Gasteiger partial charge is 0.327 e. The van der Waals surface area contributed by atoms with Crippen molar-refractivity contribution in [3.8, 4) is 0 Å². The molecule has 0 amide bonds. The van der Waals surface area contributed by atoms with Crippen molar-refractivity contribution in [1.29, 1.82) is 0 Å². The minimum absolute atomic E-state index is 0.366. The molecule has 0 fully saturated rings. The van der Waals surface area contributed by atoms with Crippen molar-refractivity contribution in [1.82, 2.24) is 5.32 Å². The molecule has 0 radical (unpaired) electrons. The van der Waals surface area contributed by atoms with Gasteiger partial charge >= 0.3 is 11.9 Å². The molecule has 0 aliphatic heterocycles. The molecule has 0 aliphatic carbocycles. The SMILES string of the molecule is C=CC(=O)O.CCCCCCCCCCCCCCCCN[C@@H](CCSC)C(=O)O. The van der Waals surface area contributed by atoms with E-state index in [0.717, 1.165) is 31.2 Å². The highest BCUT2D eigenvalue weighted by molar-refractivity contribution is 7.98. The Bertz CT molecular complexity index is 405. The third-order valence-corrected chi connectivity index (χ3v) is 5.65. The second-order valence-corrected chi connectivity index (χ2v) is 8.75. The minimum Gasteiger partial charge on any atom is -0.480 e. The summed E-state index contributed by atoms with van der Waals surface area (Å²) < 4.78 is 0. The highest BCUT2D eigenvalue weighted by atomic mass is 32.2. The van der Waals surface area contributed by atoms with Crippen LogP contribution < -0.4 is 5.32 Å². The molecule has 0 saturated carbocycles. The molecule has 0 aromatic carbocycles. The number of aliphatic carboxylic acids is 2. The summed E-state index contributed by atoms with van der Waals surface area (Å²) in [5.41, 5.74) is 0. The summed E-state index contributed by atoms with van der Waals surface area (Å²) in [4.78, 5) is 20.4. The van der Waals surface area contributed by atoms with Crippen LogP contribution in [0.15, 0.2) is 12.7 Å². The second kappa shape index (κ2) is 26.0. The predicted octanol–water partition coefficient (Wildman–Crippen LogP) is 6.52. The van der Waals surface area contributed by atoms with Crippen molar-refractivity contribution in [2.75, 3.05) is 18.6 Å². The summed E-state index contributed by atoms with van der Waals surface area (Å²) >= 11 is 1.71. The van der Waals surface area contributed by atoms with Gasteiger partial charge in [-0.3, -0.25) is 4.79 Å². The largest absolute Gasteiger partial charge is 0.480 e. The zero-order valence-electron chi connectivity index (χ0n) is 19.5. The number of carboxylic acids is 2. The van der Waals surface area contributed by atoms with Crippen molar-refractivity contribution in [3.05, 3.63) is 12.7 Å². The summed E-state index contributed by atoms with van der Waals surface area (Å²) in [7, 11) is 0. The van der Waals surface area contributed by atoms with Crippen LogP contribution in [0, 0.1) is 0 Å². The van der Waals surface area contributed by atoms with Gasteiger partial charge < -0.3 is 15.5 Å². The first-order valence-electron chi connectivity index (χ1n) is 11.8. The molecule has 0 heterocycles. The molecule has 6 heteroatoms. The lowest BCUT2D eigenvalue weighted by molar-refractivity contribution is -0.139. The quantitative estimate of drug-likeness (QED) is 0.138. The standard InChI is InChI=1S/C21H43NO2S.C3H4O2/c1-3-4-5-6-7-8-9-10-11-12-13-14-15-16-18-22-20(21(23)24)17-19-25-2;1-2-3(4)5/h20,22H,3-19H2,1-2H3,(H,23,24);2H,1H2,(H,4,5)/t20-;/m0./s1. The third kappa shape index (κ3) is 27.0. The highest BCUT2D eigenvalue weighted by Gasteiger charge is 2.15. The molecule has 0 aliphatic rings. The number of hydrogen-bond donors (Lipinski definition) is 3. The van der Waals surface area contributed by atoms with Crippen molar-refractivity contribution in [2.45, 2.75) is 109 Å². The van der Waals surface area contributed by atoms with E-state index in [2.05, 4.69) is 18.8 Å². The van der Waals surface area contributed by atoms with Crippen LogP contribution in [0.5, 0.6) is 0 Å². The zero-order valence-corrected chi connectivity index (χ0v) is 20.3. The first kappa shape index (κ1) is 31.2. The fourth-order valence-corrected chi connectivity index (χ4v) is 3.62. The van der Waals surface area contributed by atoms with Gasteiger partial charge in [0.25, 0.3) is 0 Å². The number of unbranched alkanes of at least 4 members (excludes halogenated alkanes) is 13. The van der Waals surface area contributed by atoms with Crippen LogP contribution in [0.2, 0.25) is 0 Å². The van der Waals surface area contributed by atoms with E-state index in [4.69, 9.17) is 10.2 Å². The van der Waals surface area contributed by atoms with Gasteiger partial charge in [-0.15, -0.1) is 0 Å². The van der Waals surface area contributed by atoms with Gasteiger partial charge in [0, 0.05) is 6.08 Å². The Labute approximate surface area is 189 Å². The van der Waals surface area contributed by atoms with Crippen molar-refractivity contribution >= 4 is 23.7 Å². The van der Waals surface area contributed by atoms with Crippen LogP contribution in [0.25, 0.3) is 0 Å². The van der Waals surface area contributed by atoms with Crippen LogP contribution in [0.4, 0.5) is 0 Å². The van der Waals surface area contributed by atoms with E-state index in [1.165, 1.54) is 83.5 Å². The Hall–Kier alpha value is -1.01.